The zero-order valence-corrected chi connectivity index (χ0v) is 16.4. The second kappa shape index (κ2) is 9.76. The summed E-state index contributed by atoms with van der Waals surface area (Å²) in [7, 11) is 0. The van der Waals surface area contributed by atoms with Gasteiger partial charge in [-0.2, -0.15) is 0 Å². The Bertz CT molecular complexity index is 367. The fraction of sp³-hybridized carbons (Fsp3) is 0.950. The number of nitrogens with zero attached hydrogens (tertiary/aromatic N) is 2. The van der Waals surface area contributed by atoms with E-state index in [1.54, 1.807) is 0 Å². The fourth-order valence-electron chi connectivity index (χ4n) is 4.23. The second-order valence-electron chi connectivity index (χ2n) is 8.65. The van der Waals surface area contributed by atoms with E-state index in [2.05, 4.69) is 42.8 Å². The van der Waals surface area contributed by atoms with Crippen molar-refractivity contribution < 1.29 is 4.79 Å². The highest BCUT2D eigenvalue weighted by atomic mass is 16.2. The van der Waals surface area contributed by atoms with E-state index in [9.17, 15) is 4.79 Å². The van der Waals surface area contributed by atoms with E-state index < -0.39 is 0 Å². The lowest BCUT2D eigenvalue weighted by molar-refractivity contribution is -0.132. The molecule has 2 rings (SSSR count). The first-order chi connectivity index (χ1) is 11.4. The molecule has 4 nitrogen and oxygen atoms in total. The van der Waals surface area contributed by atoms with Crippen LogP contribution in [0.2, 0.25) is 0 Å². The second-order valence-corrected chi connectivity index (χ2v) is 8.65. The number of piperidine rings is 2. The van der Waals surface area contributed by atoms with E-state index in [1.165, 1.54) is 32.5 Å². The van der Waals surface area contributed by atoms with E-state index in [0.717, 1.165) is 50.6 Å². The number of likely N-dealkylation sites (tertiary alicyclic amines) is 2. The Kier molecular flexibility index (Phi) is 8.02. The van der Waals surface area contributed by atoms with Crippen LogP contribution < -0.4 is 5.32 Å². The van der Waals surface area contributed by atoms with Crippen LogP contribution in [0.3, 0.4) is 0 Å². The average molecular weight is 338 g/mol. The van der Waals surface area contributed by atoms with E-state index >= 15 is 0 Å². The Labute approximate surface area is 149 Å². The largest absolute Gasteiger partial charge is 0.343 e. The maximum atomic E-state index is 12.5. The molecule has 2 aliphatic heterocycles. The molecule has 0 unspecified atom stereocenters. The zero-order valence-electron chi connectivity index (χ0n) is 16.4. The smallest absolute Gasteiger partial charge is 0.222 e. The Morgan fingerprint density at radius 3 is 2.17 bits per heavy atom. The molecule has 24 heavy (non-hydrogen) atoms. The van der Waals surface area contributed by atoms with Gasteiger partial charge in [-0.05, 0) is 57.0 Å². The van der Waals surface area contributed by atoms with Crippen molar-refractivity contribution in [1.82, 2.24) is 15.1 Å². The highest BCUT2D eigenvalue weighted by molar-refractivity contribution is 5.76. The minimum absolute atomic E-state index is 0.391. The van der Waals surface area contributed by atoms with Gasteiger partial charge in [-0.15, -0.1) is 0 Å². The third-order valence-electron chi connectivity index (χ3n) is 5.51. The topological polar surface area (TPSA) is 35.6 Å². The Hall–Kier alpha value is -0.610. The van der Waals surface area contributed by atoms with Crippen LogP contribution in [-0.2, 0) is 4.79 Å². The first-order valence-electron chi connectivity index (χ1n) is 10.2. The monoisotopic (exact) mass is 337 g/mol. The summed E-state index contributed by atoms with van der Waals surface area (Å²) < 4.78 is 0. The molecule has 0 radical (unpaired) electrons. The summed E-state index contributed by atoms with van der Waals surface area (Å²) in [6, 6.07) is 1.14. The summed E-state index contributed by atoms with van der Waals surface area (Å²) in [4.78, 5) is 17.2. The molecule has 0 aromatic heterocycles. The van der Waals surface area contributed by atoms with Crippen LogP contribution >= 0.6 is 0 Å². The molecule has 2 aliphatic rings. The summed E-state index contributed by atoms with van der Waals surface area (Å²) in [6.45, 7) is 14.5. The summed E-state index contributed by atoms with van der Waals surface area (Å²) in [5, 5.41) is 3.60. The molecule has 0 atom stereocenters. The molecule has 0 aliphatic carbocycles. The fourth-order valence-corrected chi connectivity index (χ4v) is 4.23. The summed E-state index contributed by atoms with van der Waals surface area (Å²) in [5.74, 6) is 1.91. The van der Waals surface area contributed by atoms with E-state index in [-0.39, 0.29) is 0 Å². The minimum atomic E-state index is 0.391. The van der Waals surface area contributed by atoms with Gasteiger partial charge >= 0.3 is 0 Å². The SMILES string of the molecule is CC(C)CN1CCC(CCC(=O)N2CCC(NC(C)C)CC2)CC1. The lowest BCUT2D eigenvalue weighted by atomic mass is 9.91. The molecule has 0 aromatic carbocycles. The summed E-state index contributed by atoms with van der Waals surface area (Å²) >= 11 is 0. The maximum absolute atomic E-state index is 12.5. The molecule has 0 aromatic rings. The number of carbonyl (C=O) groups is 1. The summed E-state index contributed by atoms with van der Waals surface area (Å²) in [5.41, 5.74) is 0. The van der Waals surface area contributed by atoms with Crippen LogP contribution in [0, 0.1) is 11.8 Å². The molecule has 4 heteroatoms. The molecule has 2 saturated heterocycles. The average Bonchev–Trinajstić information content (AvgIpc) is 2.53. The molecule has 0 spiro atoms. The number of rotatable bonds is 7. The normalized spacial score (nSPS) is 21.8. The van der Waals surface area contributed by atoms with Crippen LogP contribution in [0.4, 0.5) is 0 Å². The van der Waals surface area contributed by atoms with Gasteiger partial charge in [0, 0.05) is 38.1 Å². The summed E-state index contributed by atoms with van der Waals surface area (Å²) in [6.07, 6.45) is 6.63. The molecular weight excluding hydrogens is 298 g/mol. The van der Waals surface area contributed by atoms with Gasteiger partial charge in [0.1, 0.15) is 0 Å². The highest BCUT2D eigenvalue weighted by Gasteiger charge is 2.25. The van der Waals surface area contributed by atoms with E-state index in [4.69, 9.17) is 0 Å². The number of nitrogens with one attached hydrogen (secondary N) is 1. The van der Waals surface area contributed by atoms with E-state index in [0.29, 0.717) is 18.0 Å². The number of amides is 1. The van der Waals surface area contributed by atoms with Gasteiger partial charge in [0.05, 0.1) is 0 Å². The molecule has 2 heterocycles. The standard InChI is InChI=1S/C20H39N3O/c1-16(2)15-22-11-7-18(8-12-22)5-6-20(24)23-13-9-19(10-14-23)21-17(3)4/h16-19,21H,5-15H2,1-4H3. The predicted octanol–water partition coefficient (Wildman–Crippen LogP) is 3.12. The van der Waals surface area contributed by atoms with Gasteiger partial charge in [0.15, 0.2) is 0 Å². The lowest BCUT2D eigenvalue weighted by Crippen LogP contribution is -2.46. The van der Waals surface area contributed by atoms with Crippen molar-refractivity contribution in [3.8, 4) is 0 Å². The highest BCUT2D eigenvalue weighted by Crippen LogP contribution is 2.23. The van der Waals surface area contributed by atoms with Gasteiger partial charge in [-0.3, -0.25) is 4.79 Å². The maximum Gasteiger partial charge on any atom is 0.222 e. The molecule has 1 N–H and O–H groups in total. The van der Waals surface area contributed by atoms with Crippen LogP contribution in [-0.4, -0.2) is 60.5 Å². The van der Waals surface area contributed by atoms with Gasteiger partial charge in [0.25, 0.3) is 0 Å². The van der Waals surface area contributed by atoms with Gasteiger partial charge in [-0.25, -0.2) is 0 Å². The predicted molar refractivity (Wildman–Crippen MR) is 101 cm³/mol. The quantitative estimate of drug-likeness (QED) is 0.775. The van der Waals surface area contributed by atoms with Crippen LogP contribution in [0.25, 0.3) is 0 Å². The Morgan fingerprint density at radius 2 is 1.62 bits per heavy atom. The van der Waals surface area contributed by atoms with Crippen molar-refractivity contribution in [2.75, 3.05) is 32.7 Å². The first-order valence-corrected chi connectivity index (χ1v) is 10.2. The van der Waals surface area contributed by atoms with Crippen molar-refractivity contribution in [3.05, 3.63) is 0 Å². The van der Waals surface area contributed by atoms with Gasteiger partial charge in [-0.1, -0.05) is 27.7 Å². The third kappa shape index (κ3) is 6.72. The molecule has 140 valence electrons. The number of hydrogen-bond acceptors (Lipinski definition) is 3. The van der Waals surface area contributed by atoms with Crippen LogP contribution in [0.5, 0.6) is 0 Å². The van der Waals surface area contributed by atoms with E-state index in [1.807, 2.05) is 0 Å². The molecular formula is C20H39N3O. The third-order valence-corrected chi connectivity index (χ3v) is 5.51. The van der Waals surface area contributed by atoms with Gasteiger partial charge < -0.3 is 15.1 Å². The molecule has 2 fully saturated rings. The van der Waals surface area contributed by atoms with Crippen molar-refractivity contribution in [2.24, 2.45) is 11.8 Å². The Balaban J connectivity index is 1.61. The lowest BCUT2D eigenvalue weighted by Gasteiger charge is -2.35. The van der Waals surface area contributed by atoms with Crippen LogP contribution in [0.15, 0.2) is 0 Å². The molecule has 0 bridgehead atoms. The van der Waals surface area contributed by atoms with Crippen molar-refractivity contribution in [3.63, 3.8) is 0 Å². The van der Waals surface area contributed by atoms with Crippen molar-refractivity contribution >= 4 is 5.91 Å². The number of carbonyl (C=O) groups excluding carboxylic acids is 1. The Morgan fingerprint density at radius 1 is 1.00 bits per heavy atom. The molecule has 1 amide bonds. The first kappa shape index (κ1) is 19.7. The molecule has 0 saturated carbocycles. The van der Waals surface area contributed by atoms with Crippen molar-refractivity contribution in [1.29, 1.82) is 0 Å². The van der Waals surface area contributed by atoms with Crippen LogP contribution in [0.1, 0.15) is 66.2 Å². The minimum Gasteiger partial charge on any atom is -0.343 e. The number of hydrogen-bond donors (Lipinski definition) is 1. The van der Waals surface area contributed by atoms with Crippen molar-refractivity contribution in [2.45, 2.75) is 78.3 Å². The van der Waals surface area contributed by atoms with Gasteiger partial charge in [0.2, 0.25) is 5.91 Å². The zero-order chi connectivity index (χ0) is 17.5.